The van der Waals surface area contributed by atoms with E-state index in [9.17, 15) is 19.2 Å². The van der Waals surface area contributed by atoms with Crippen molar-refractivity contribution >= 4 is 23.8 Å². The maximum Gasteiger partial charge on any atom is 0.321 e. The third-order valence-corrected chi connectivity index (χ3v) is 3.74. The third kappa shape index (κ3) is 5.91. The smallest absolute Gasteiger partial charge is 0.321 e. The minimum Gasteiger partial charge on any atom is -0.467 e. The molecule has 1 aromatic heterocycles. The van der Waals surface area contributed by atoms with E-state index in [-0.39, 0.29) is 31.3 Å². The second-order valence-electron chi connectivity index (χ2n) is 6.51. The van der Waals surface area contributed by atoms with E-state index >= 15 is 0 Å². The zero-order valence-electron chi connectivity index (χ0n) is 14.8. The van der Waals surface area contributed by atoms with Gasteiger partial charge in [0.25, 0.3) is 5.91 Å². The normalized spacial score (nSPS) is 16.7. The van der Waals surface area contributed by atoms with Crippen molar-refractivity contribution in [1.82, 2.24) is 15.5 Å². The van der Waals surface area contributed by atoms with Crippen molar-refractivity contribution in [2.45, 2.75) is 26.8 Å². The summed E-state index contributed by atoms with van der Waals surface area (Å²) in [6.45, 7) is 4.18. The number of rotatable bonds is 7. The number of esters is 1. The van der Waals surface area contributed by atoms with Crippen molar-refractivity contribution in [2.75, 3.05) is 19.7 Å². The summed E-state index contributed by atoms with van der Waals surface area (Å²) < 4.78 is 10.1. The Morgan fingerprint density at radius 3 is 2.81 bits per heavy atom. The minimum absolute atomic E-state index is 0.0238. The van der Waals surface area contributed by atoms with Crippen molar-refractivity contribution in [1.29, 1.82) is 0 Å². The highest BCUT2D eigenvalue weighted by Gasteiger charge is 2.35. The van der Waals surface area contributed by atoms with Gasteiger partial charge in [-0.1, -0.05) is 13.8 Å². The van der Waals surface area contributed by atoms with Gasteiger partial charge in [0, 0.05) is 19.5 Å². The van der Waals surface area contributed by atoms with Gasteiger partial charge in [0.15, 0.2) is 6.61 Å². The predicted molar refractivity (Wildman–Crippen MR) is 89.6 cm³/mol. The first-order valence-corrected chi connectivity index (χ1v) is 8.39. The maximum absolute atomic E-state index is 12.0. The summed E-state index contributed by atoms with van der Waals surface area (Å²) in [5.41, 5.74) is 0. The molecule has 0 aromatic carbocycles. The van der Waals surface area contributed by atoms with Crippen LogP contribution < -0.4 is 10.6 Å². The molecule has 1 aliphatic rings. The van der Waals surface area contributed by atoms with E-state index < -0.39 is 30.4 Å². The summed E-state index contributed by atoms with van der Waals surface area (Å²) >= 11 is 0. The lowest BCUT2D eigenvalue weighted by molar-refractivity contribution is -0.152. The molecule has 2 rings (SSSR count). The Morgan fingerprint density at radius 1 is 1.38 bits per heavy atom. The predicted octanol–water partition coefficient (Wildman–Crippen LogP) is 0.653. The summed E-state index contributed by atoms with van der Waals surface area (Å²) in [7, 11) is 0. The fraction of sp³-hybridized carbons (Fsp3) is 0.529. The molecule has 1 atom stereocenters. The van der Waals surface area contributed by atoms with E-state index in [0.29, 0.717) is 12.3 Å². The first-order valence-electron chi connectivity index (χ1n) is 8.39. The number of nitrogens with one attached hydrogen (secondary N) is 2. The summed E-state index contributed by atoms with van der Waals surface area (Å²) in [4.78, 5) is 48.6. The number of carbonyl (C=O) groups is 4. The van der Waals surface area contributed by atoms with E-state index in [0.717, 1.165) is 0 Å². The zero-order chi connectivity index (χ0) is 19.1. The monoisotopic (exact) mass is 365 g/mol. The molecule has 0 spiro atoms. The van der Waals surface area contributed by atoms with Crippen LogP contribution in [0.2, 0.25) is 0 Å². The fourth-order valence-corrected chi connectivity index (χ4v) is 2.43. The average Bonchev–Trinajstić information content (AvgIpc) is 3.21. The highest BCUT2D eigenvalue weighted by atomic mass is 16.5. The lowest BCUT2D eigenvalue weighted by atomic mass is 10.1. The molecule has 1 saturated heterocycles. The van der Waals surface area contributed by atoms with Crippen molar-refractivity contribution < 1.29 is 28.3 Å². The number of ether oxygens (including phenoxy) is 1. The first kappa shape index (κ1) is 19.5. The third-order valence-electron chi connectivity index (χ3n) is 3.74. The van der Waals surface area contributed by atoms with Crippen LogP contribution in [0.3, 0.4) is 0 Å². The van der Waals surface area contributed by atoms with Crippen LogP contribution in [0.1, 0.15) is 26.0 Å². The van der Waals surface area contributed by atoms with Gasteiger partial charge in [0.2, 0.25) is 5.91 Å². The van der Waals surface area contributed by atoms with Crippen LogP contribution in [0, 0.1) is 11.8 Å². The van der Waals surface area contributed by atoms with Crippen LogP contribution in [-0.4, -0.2) is 48.4 Å². The van der Waals surface area contributed by atoms with Crippen LogP contribution in [-0.2, 0) is 25.7 Å². The lowest BCUT2D eigenvalue weighted by Crippen LogP contribution is -2.42. The van der Waals surface area contributed by atoms with Crippen LogP contribution in [0.15, 0.2) is 22.8 Å². The quantitative estimate of drug-likeness (QED) is 0.685. The van der Waals surface area contributed by atoms with Gasteiger partial charge in [-0.3, -0.25) is 19.7 Å². The molecule has 9 heteroatoms. The molecule has 0 unspecified atom stereocenters. The van der Waals surface area contributed by atoms with E-state index in [1.165, 1.54) is 11.2 Å². The van der Waals surface area contributed by atoms with Crippen molar-refractivity contribution in [3.8, 4) is 0 Å². The fourth-order valence-electron chi connectivity index (χ4n) is 2.43. The zero-order valence-corrected chi connectivity index (χ0v) is 14.8. The van der Waals surface area contributed by atoms with Crippen LogP contribution in [0.4, 0.5) is 4.79 Å². The number of likely N-dealkylation sites (tertiary alicyclic amines) is 1. The molecule has 1 aliphatic heterocycles. The topological polar surface area (TPSA) is 118 Å². The largest absolute Gasteiger partial charge is 0.467 e. The van der Waals surface area contributed by atoms with Gasteiger partial charge in [0.05, 0.1) is 18.7 Å². The van der Waals surface area contributed by atoms with Crippen molar-refractivity contribution in [2.24, 2.45) is 11.8 Å². The van der Waals surface area contributed by atoms with Gasteiger partial charge in [0.1, 0.15) is 5.76 Å². The summed E-state index contributed by atoms with van der Waals surface area (Å²) in [6.07, 6.45) is 1.54. The summed E-state index contributed by atoms with van der Waals surface area (Å²) in [5.74, 6) is -1.31. The van der Waals surface area contributed by atoms with Crippen molar-refractivity contribution in [3.63, 3.8) is 0 Å². The van der Waals surface area contributed by atoms with Gasteiger partial charge in [-0.25, -0.2) is 4.79 Å². The van der Waals surface area contributed by atoms with Crippen LogP contribution >= 0.6 is 0 Å². The number of nitrogens with zero attached hydrogens (tertiary/aromatic N) is 1. The van der Waals surface area contributed by atoms with Crippen LogP contribution in [0.5, 0.6) is 0 Å². The second kappa shape index (κ2) is 9.02. The summed E-state index contributed by atoms with van der Waals surface area (Å²) in [5, 5.41) is 4.59. The molecular formula is C17H23N3O6. The molecule has 2 N–H and O–H groups in total. The number of urea groups is 1. The Labute approximate surface area is 151 Å². The SMILES string of the molecule is CC(C)CNC(=O)NC(=O)COC(=O)[C@@H]1CC(=O)N(Cc2ccco2)C1. The van der Waals surface area contributed by atoms with Crippen molar-refractivity contribution in [3.05, 3.63) is 24.2 Å². The Morgan fingerprint density at radius 2 is 2.15 bits per heavy atom. The molecule has 1 aromatic rings. The lowest BCUT2D eigenvalue weighted by Gasteiger charge is -2.14. The number of hydrogen-bond donors (Lipinski definition) is 2. The highest BCUT2D eigenvalue weighted by Crippen LogP contribution is 2.21. The van der Waals surface area contributed by atoms with E-state index in [2.05, 4.69) is 10.6 Å². The van der Waals surface area contributed by atoms with E-state index in [1.54, 1.807) is 12.1 Å². The molecule has 26 heavy (non-hydrogen) atoms. The van der Waals surface area contributed by atoms with Gasteiger partial charge in [-0.2, -0.15) is 0 Å². The maximum atomic E-state index is 12.0. The molecule has 9 nitrogen and oxygen atoms in total. The molecule has 2 heterocycles. The highest BCUT2D eigenvalue weighted by molar-refractivity contribution is 5.96. The molecule has 0 radical (unpaired) electrons. The number of carbonyl (C=O) groups excluding carboxylic acids is 4. The Bertz CT molecular complexity index is 655. The first-order chi connectivity index (χ1) is 12.3. The molecule has 0 bridgehead atoms. The van der Waals surface area contributed by atoms with Gasteiger partial charge in [-0.15, -0.1) is 0 Å². The number of amides is 4. The number of hydrogen-bond acceptors (Lipinski definition) is 6. The molecular weight excluding hydrogens is 342 g/mol. The van der Waals surface area contributed by atoms with Gasteiger partial charge >= 0.3 is 12.0 Å². The number of furan rings is 1. The molecule has 0 aliphatic carbocycles. The van der Waals surface area contributed by atoms with Gasteiger partial charge in [-0.05, 0) is 18.1 Å². The molecule has 1 fully saturated rings. The van der Waals surface area contributed by atoms with E-state index in [4.69, 9.17) is 9.15 Å². The number of imide groups is 1. The Hall–Kier alpha value is -2.84. The second-order valence-corrected chi connectivity index (χ2v) is 6.51. The molecule has 0 saturated carbocycles. The standard InChI is InChI=1S/C17H23N3O6/c1-11(2)7-18-17(24)19-14(21)10-26-16(23)12-6-15(22)20(8-12)9-13-4-3-5-25-13/h3-5,11-12H,6-10H2,1-2H3,(H2,18,19,21,24)/t12-/m1/s1. The van der Waals surface area contributed by atoms with Crippen LogP contribution in [0.25, 0.3) is 0 Å². The van der Waals surface area contributed by atoms with E-state index in [1.807, 2.05) is 13.8 Å². The Balaban J connectivity index is 1.71. The molecule has 142 valence electrons. The van der Waals surface area contributed by atoms with Gasteiger partial charge < -0.3 is 19.4 Å². The minimum atomic E-state index is -0.726. The average molecular weight is 365 g/mol. The molecule has 4 amide bonds. The summed E-state index contributed by atoms with van der Waals surface area (Å²) in [6, 6.07) is 2.82. The Kier molecular flexibility index (Phi) is 6.76.